The highest BCUT2D eigenvalue weighted by Gasteiger charge is 2.65. The van der Waals surface area contributed by atoms with Gasteiger partial charge in [-0.15, -0.1) is 0 Å². The summed E-state index contributed by atoms with van der Waals surface area (Å²) in [5.41, 5.74) is 1.93. The minimum absolute atomic E-state index is 0.0490. The lowest BCUT2D eigenvalue weighted by Crippen LogP contribution is -2.66. The second kappa shape index (κ2) is 7.74. The van der Waals surface area contributed by atoms with Crippen LogP contribution in [-0.4, -0.2) is 47.6 Å². The molecule has 0 aromatic carbocycles. The number of amides is 1. The lowest BCUT2D eigenvalue weighted by Gasteiger charge is -2.63. The molecule has 5 aliphatic rings. The Hall–Kier alpha value is -3.56. The average molecular weight is 516 g/mol. The van der Waals surface area contributed by atoms with E-state index in [1.807, 2.05) is 44.9 Å². The summed E-state index contributed by atoms with van der Waals surface area (Å²) in [6.45, 7) is 7.77. The largest absolute Gasteiger partial charge is 0.460 e. The minimum Gasteiger partial charge on any atom is -0.460 e. The summed E-state index contributed by atoms with van der Waals surface area (Å²) < 4.78 is 7.66. The molecule has 8 rings (SSSR count). The number of carbonyl (C=O) groups is 2. The van der Waals surface area contributed by atoms with Crippen molar-refractivity contribution in [1.29, 1.82) is 0 Å². The SMILES string of the molecule is Cc1cc2ncnn2cc1Nc1ncc2c(n1)N(C13CC4CC(CC(C(=O)OC(C)(C)C)(C4)C1)C3)C(=O)C2. The Morgan fingerprint density at radius 1 is 1.16 bits per heavy atom. The molecule has 4 bridgehead atoms. The van der Waals surface area contributed by atoms with Crippen molar-refractivity contribution in [2.24, 2.45) is 17.3 Å². The van der Waals surface area contributed by atoms with Gasteiger partial charge in [0, 0.05) is 11.8 Å². The third-order valence-corrected chi connectivity index (χ3v) is 8.85. The summed E-state index contributed by atoms with van der Waals surface area (Å²) in [4.78, 5) is 42.8. The fourth-order valence-corrected chi connectivity index (χ4v) is 7.94. The highest BCUT2D eigenvalue weighted by atomic mass is 16.6. The lowest BCUT2D eigenvalue weighted by molar-refractivity contribution is -0.184. The molecule has 10 nitrogen and oxygen atoms in total. The third kappa shape index (κ3) is 3.60. The number of aromatic nitrogens is 5. The Morgan fingerprint density at radius 3 is 2.66 bits per heavy atom. The number of nitrogens with one attached hydrogen (secondary N) is 1. The Labute approximate surface area is 221 Å². The molecule has 38 heavy (non-hydrogen) atoms. The molecule has 0 saturated heterocycles. The molecule has 4 saturated carbocycles. The zero-order chi connectivity index (χ0) is 26.4. The van der Waals surface area contributed by atoms with Crippen LogP contribution in [-0.2, 0) is 20.7 Å². The van der Waals surface area contributed by atoms with Crippen molar-refractivity contribution in [3.05, 3.63) is 35.9 Å². The first-order valence-corrected chi connectivity index (χ1v) is 13.5. The van der Waals surface area contributed by atoms with Gasteiger partial charge >= 0.3 is 5.97 Å². The second-order valence-corrected chi connectivity index (χ2v) is 13.0. The standard InChI is InChI=1S/C28H33N7O3/c1-16-5-21-30-15-31-34(21)13-20(16)32-25-29-12-19-7-22(36)35(23(19)33-25)28-10-17-6-18(11-28)9-27(8-17,14-28)24(37)38-26(2,3)4/h5,12-13,15,17-18H,6-11,14H2,1-4H3,(H,29,32,33). The Bertz CT molecular complexity index is 1480. The van der Waals surface area contributed by atoms with Crippen LogP contribution in [0.15, 0.2) is 24.8 Å². The van der Waals surface area contributed by atoms with Crippen LogP contribution in [0.4, 0.5) is 17.5 Å². The molecule has 4 heterocycles. The van der Waals surface area contributed by atoms with Crippen molar-refractivity contribution >= 4 is 35.0 Å². The topological polar surface area (TPSA) is 115 Å². The van der Waals surface area contributed by atoms with E-state index in [1.54, 1.807) is 10.7 Å². The maximum atomic E-state index is 13.6. The molecule has 198 valence electrons. The monoisotopic (exact) mass is 515 g/mol. The summed E-state index contributed by atoms with van der Waals surface area (Å²) in [6.07, 6.45) is 10.7. The van der Waals surface area contributed by atoms with Crippen molar-refractivity contribution in [3.63, 3.8) is 0 Å². The number of hydrogen-bond donors (Lipinski definition) is 1. The van der Waals surface area contributed by atoms with E-state index >= 15 is 0 Å². The van der Waals surface area contributed by atoms with Gasteiger partial charge in [0.1, 0.15) is 17.7 Å². The fourth-order valence-electron chi connectivity index (χ4n) is 7.94. The van der Waals surface area contributed by atoms with Gasteiger partial charge in [-0.25, -0.2) is 14.5 Å². The fraction of sp³-hybridized carbons (Fsp3) is 0.571. The number of ether oxygens (including phenoxy) is 1. The van der Waals surface area contributed by atoms with Crippen LogP contribution in [0.1, 0.15) is 70.4 Å². The van der Waals surface area contributed by atoms with E-state index in [0.717, 1.165) is 54.6 Å². The van der Waals surface area contributed by atoms with E-state index in [4.69, 9.17) is 9.72 Å². The zero-order valence-electron chi connectivity index (χ0n) is 22.3. The molecular formula is C28H33N7O3. The Morgan fingerprint density at radius 2 is 1.92 bits per heavy atom. The van der Waals surface area contributed by atoms with Gasteiger partial charge in [0.05, 0.1) is 29.3 Å². The molecule has 2 unspecified atom stereocenters. The number of hydrogen-bond acceptors (Lipinski definition) is 8. The zero-order valence-corrected chi connectivity index (χ0v) is 22.3. The number of pyridine rings is 1. The van der Waals surface area contributed by atoms with Gasteiger partial charge in [-0.2, -0.15) is 10.1 Å². The van der Waals surface area contributed by atoms with Crippen LogP contribution in [0.25, 0.3) is 5.65 Å². The van der Waals surface area contributed by atoms with Crippen molar-refractivity contribution in [2.75, 3.05) is 10.2 Å². The molecule has 0 radical (unpaired) electrons. The van der Waals surface area contributed by atoms with Crippen LogP contribution in [0.2, 0.25) is 0 Å². The Balaban J connectivity index is 1.24. The molecule has 4 fully saturated rings. The second-order valence-electron chi connectivity index (χ2n) is 13.0. The first-order valence-electron chi connectivity index (χ1n) is 13.5. The van der Waals surface area contributed by atoms with Gasteiger partial charge in [0.2, 0.25) is 11.9 Å². The molecule has 1 N–H and O–H groups in total. The van der Waals surface area contributed by atoms with E-state index in [1.165, 1.54) is 6.33 Å². The summed E-state index contributed by atoms with van der Waals surface area (Å²) in [6, 6.07) is 1.95. The molecule has 1 amide bonds. The normalized spacial score (nSPS) is 29.7. The van der Waals surface area contributed by atoms with E-state index in [0.29, 0.717) is 30.0 Å². The highest BCUT2D eigenvalue weighted by molar-refractivity contribution is 6.02. The van der Waals surface area contributed by atoms with Gasteiger partial charge < -0.3 is 10.1 Å². The molecule has 0 spiro atoms. The van der Waals surface area contributed by atoms with Crippen LogP contribution < -0.4 is 10.2 Å². The number of rotatable bonds is 4. The molecule has 3 aromatic heterocycles. The van der Waals surface area contributed by atoms with Crippen molar-refractivity contribution in [3.8, 4) is 0 Å². The van der Waals surface area contributed by atoms with Gasteiger partial charge in [-0.3, -0.25) is 14.5 Å². The number of esters is 1. The van der Waals surface area contributed by atoms with Gasteiger partial charge in [-0.1, -0.05) is 0 Å². The van der Waals surface area contributed by atoms with E-state index in [2.05, 4.69) is 20.4 Å². The molecule has 2 atom stereocenters. The number of anilines is 3. The Kier molecular flexibility index (Phi) is 4.79. The average Bonchev–Trinajstić information content (AvgIpc) is 3.40. The molecule has 1 aliphatic heterocycles. The number of carbonyl (C=O) groups excluding carboxylic acids is 2. The van der Waals surface area contributed by atoms with Gasteiger partial charge in [0.15, 0.2) is 5.65 Å². The first-order chi connectivity index (χ1) is 18.0. The van der Waals surface area contributed by atoms with Crippen LogP contribution in [0.5, 0.6) is 0 Å². The molecule has 3 aromatic rings. The van der Waals surface area contributed by atoms with Crippen molar-refractivity contribution in [1.82, 2.24) is 24.6 Å². The smallest absolute Gasteiger partial charge is 0.312 e. The third-order valence-electron chi connectivity index (χ3n) is 8.85. The van der Waals surface area contributed by atoms with Crippen LogP contribution >= 0.6 is 0 Å². The maximum Gasteiger partial charge on any atom is 0.312 e. The lowest BCUT2D eigenvalue weighted by atomic mass is 9.46. The first kappa shape index (κ1) is 23.5. The molecular weight excluding hydrogens is 482 g/mol. The van der Waals surface area contributed by atoms with Crippen LogP contribution in [0, 0.1) is 24.2 Å². The summed E-state index contributed by atoms with van der Waals surface area (Å²) in [5.74, 6) is 1.88. The van der Waals surface area contributed by atoms with E-state index in [-0.39, 0.29) is 18.3 Å². The predicted molar refractivity (Wildman–Crippen MR) is 140 cm³/mol. The molecule has 10 heteroatoms. The van der Waals surface area contributed by atoms with E-state index in [9.17, 15) is 9.59 Å². The van der Waals surface area contributed by atoms with Crippen LogP contribution in [0.3, 0.4) is 0 Å². The highest BCUT2D eigenvalue weighted by Crippen LogP contribution is 2.64. The summed E-state index contributed by atoms with van der Waals surface area (Å²) >= 11 is 0. The number of fused-ring (bicyclic) bond motifs is 2. The predicted octanol–water partition coefficient (Wildman–Crippen LogP) is 4.14. The number of nitrogens with zero attached hydrogens (tertiary/aromatic N) is 6. The quantitative estimate of drug-likeness (QED) is 0.516. The summed E-state index contributed by atoms with van der Waals surface area (Å²) in [5, 5.41) is 7.55. The minimum atomic E-state index is -0.537. The van der Waals surface area contributed by atoms with Crippen molar-refractivity contribution in [2.45, 2.75) is 83.8 Å². The van der Waals surface area contributed by atoms with E-state index < -0.39 is 16.6 Å². The maximum absolute atomic E-state index is 13.6. The number of aryl methyl sites for hydroxylation is 1. The summed E-state index contributed by atoms with van der Waals surface area (Å²) in [7, 11) is 0. The van der Waals surface area contributed by atoms with Crippen molar-refractivity contribution < 1.29 is 14.3 Å². The van der Waals surface area contributed by atoms with Gasteiger partial charge in [0.25, 0.3) is 0 Å². The van der Waals surface area contributed by atoms with Gasteiger partial charge in [-0.05, 0) is 89.7 Å². The molecule has 4 aliphatic carbocycles.